The molecule has 0 bridgehead atoms. The fraction of sp³-hybridized carbons (Fsp3) is 0.875. The maximum Gasteiger partial charge on any atom is 0.324 e. The summed E-state index contributed by atoms with van der Waals surface area (Å²) in [5.74, 6) is -0.341. The summed E-state index contributed by atoms with van der Waals surface area (Å²) in [6, 6.07) is -0.427. The van der Waals surface area contributed by atoms with Gasteiger partial charge in [-0.1, -0.05) is 0 Å². The van der Waals surface area contributed by atoms with Crippen LogP contribution in [-0.2, 0) is 9.53 Å². The predicted molar refractivity (Wildman–Crippen MR) is 49.2 cm³/mol. The third-order valence-electron chi connectivity index (χ3n) is 1.70. The molecule has 0 radical (unpaired) electrons. The molecule has 0 saturated heterocycles. The number of nitrogens with two attached hydrogens (primary N) is 1. The molecule has 0 heterocycles. The number of aliphatic hydroxyl groups excluding tert-OH is 1. The van der Waals surface area contributed by atoms with Crippen molar-refractivity contribution in [2.45, 2.75) is 18.9 Å². The summed E-state index contributed by atoms with van der Waals surface area (Å²) < 4.78 is 4.53. The molecule has 5 heteroatoms. The number of carbonyl (C=O) groups excluding carboxylic acids is 1. The Bertz CT molecular complexity index is 141. The molecule has 0 rings (SSSR count). The molecule has 0 aliphatic heterocycles. The Morgan fingerprint density at radius 3 is 2.77 bits per heavy atom. The van der Waals surface area contributed by atoms with Gasteiger partial charge in [-0.2, -0.15) is 0 Å². The van der Waals surface area contributed by atoms with Crippen molar-refractivity contribution in [2.24, 2.45) is 5.73 Å². The summed E-state index contributed by atoms with van der Waals surface area (Å²) in [6.45, 7) is 1.07. The van der Waals surface area contributed by atoms with E-state index in [1.165, 1.54) is 7.11 Å². The van der Waals surface area contributed by atoms with E-state index in [0.29, 0.717) is 6.54 Å². The first kappa shape index (κ1) is 12.3. The summed E-state index contributed by atoms with van der Waals surface area (Å²) >= 11 is 0. The number of nitrogens with one attached hydrogen (secondary N) is 1. The fourth-order valence-corrected chi connectivity index (χ4v) is 0.918. The van der Waals surface area contributed by atoms with Crippen molar-refractivity contribution in [3.63, 3.8) is 0 Å². The van der Waals surface area contributed by atoms with Crippen molar-refractivity contribution >= 4 is 5.97 Å². The van der Waals surface area contributed by atoms with Crippen LogP contribution in [-0.4, -0.2) is 43.9 Å². The second kappa shape index (κ2) is 7.97. The molecule has 0 aliphatic carbocycles. The SMILES string of the molecule is COC(=O)C(CN)NCCCCO. The van der Waals surface area contributed by atoms with Crippen molar-refractivity contribution < 1.29 is 14.6 Å². The zero-order valence-corrected chi connectivity index (χ0v) is 7.95. The van der Waals surface area contributed by atoms with Crippen LogP contribution in [0.4, 0.5) is 0 Å². The molecular formula is C8H18N2O3. The molecule has 0 aromatic rings. The maximum absolute atomic E-state index is 11.0. The second-order valence-corrected chi connectivity index (χ2v) is 2.70. The van der Waals surface area contributed by atoms with Gasteiger partial charge in [0.15, 0.2) is 0 Å². The Kier molecular flexibility index (Phi) is 7.57. The van der Waals surface area contributed by atoms with Crippen LogP contribution in [0.25, 0.3) is 0 Å². The van der Waals surface area contributed by atoms with E-state index in [1.54, 1.807) is 0 Å². The van der Waals surface area contributed by atoms with Gasteiger partial charge in [-0.25, -0.2) is 0 Å². The van der Waals surface area contributed by atoms with E-state index in [9.17, 15) is 4.79 Å². The standard InChI is InChI=1S/C8H18N2O3/c1-13-8(12)7(6-9)10-4-2-3-5-11/h7,10-11H,2-6,9H2,1H3. The highest BCUT2D eigenvalue weighted by Crippen LogP contribution is 1.88. The predicted octanol–water partition coefficient (Wildman–Crippen LogP) is -1.15. The zero-order chi connectivity index (χ0) is 10.1. The first-order chi connectivity index (χ1) is 6.26. The van der Waals surface area contributed by atoms with Crippen LogP contribution in [0.5, 0.6) is 0 Å². The molecule has 0 amide bonds. The van der Waals surface area contributed by atoms with Crippen LogP contribution < -0.4 is 11.1 Å². The van der Waals surface area contributed by atoms with Gasteiger partial charge >= 0.3 is 5.97 Å². The van der Waals surface area contributed by atoms with Gasteiger partial charge < -0.3 is 20.9 Å². The van der Waals surface area contributed by atoms with Gasteiger partial charge in [0.1, 0.15) is 6.04 Å². The Balaban J connectivity index is 3.53. The van der Waals surface area contributed by atoms with Crippen LogP contribution in [0.1, 0.15) is 12.8 Å². The van der Waals surface area contributed by atoms with Gasteiger partial charge in [0, 0.05) is 13.2 Å². The molecule has 0 aliphatic rings. The smallest absolute Gasteiger partial charge is 0.324 e. The highest BCUT2D eigenvalue weighted by Gasteiger charge is 2.15. The van der Waals surface area contributed by atoms with Gasteiger partial charge in [-0.3, -0.25) is 4.79 Å². The van der Waals surface area contributed by atoms with E-state index < -0.39 is 6.04 Å². The van der Waals surface area contributed by atoms with Gasteiger partial charge in [-0.05, 0) is 19.4 Å². The monoisotopic (exact) mass is 190 g/mol. The summed E-state index contributed by atoms with van der Waals surface area (Å²) in [4.78, 5) is 11.0. The molecule has 0 aromatic carbocycles. The van der Waals surface area contributed by atoms with E-state index in [2.05, 4.69) is 10.1 Å². The van der Waals surface area contributed by atoms with Crippen LogP contribution in [0, 0.1) is 0 Å². The molecule has 0 spiro atoms. The lowest BCUT2D eigenvalue weighted by Gasteiger charge is -2.13. The minimum atomic E-state index is -0.427. The highest BCUT2D eigenvalue weighted by atomic mass is 16.5. The minimum absolute atomic E-state index is 0.174. The molecule has 0 fully saturated rings. The molecular weight excluding hydrogens is 172 g/mol. The first-order valence-electron chi connectivity index (χ1n) is 4.38. The Morgan fingerprint density at radius 2 is 2.31 bits per heavy atom. The third-order valence-corrected chi connectivity index (χ3v) is 1.70. The molecule has 5 nitrogen and oxygen atoms in total. The maximum atomic E-state index is 11.0. The van der Waals surface area contributed by atoms with Crippen molar-refractivity contribution in [1.82, 2.24) is 5.32 Å². The van der Waals surface area contributed by atoms with Crippen molar-refractivity contribution in [3.05, 3.63) is 0 Å². The number of unbranched alkanes of at least 4 members (excludes halogenated alkanes) is 1. The van der Waals surface area contributed by atoms with Crippen molar-refractivity contribution in [1.29, 1.82) is 0 Å². The van der Waals surface area contributed by atoms with E-state index >= 15 is 0 Å². The molecule has 78 valence electrons. The molecule has 0 aromatic heterocycles. The number of rotatable bonds is 7. The lowest BCUT2D eigenvalue weighted by Crippen LogP contribution is -2.43. The highest BCUT2D eigenvalue weighted by molar-refractivity contribution is 5.75. The number of methoxy groups -OCH3 is 1. The van der Waals surface area contributed by atoms with Gasteiger partial charge in [0.05, 0.1) is 7.11 Å². The van der Waals surface area contributed by atoms with Crippen molar-refractivity contribution in [3.8, 4) is 0 Å². The van der Waals surface area contributed by atoms with Gasteiger partial charge in [0.2, 0.25) is 0 Å². The summed E-state index contributed by atoms with van der Waals surface area (Å²) in [7, 11) is 1.33. The van der Waals surface area contributed by atoms with Gasteiger partial charge in [0.25, 0.3) is 0 Å². The van der Waals surface area contributed by atoms with E-state index in [0.717, 1.165) is 12.8 Å². The molecule has 1 atom stereocenters. The van der Waals surface area contributed by atoms with E-state index in [4.69, 9.17) is 10.8 Å². The lowest BCUT2D eigenvalue weighted by atomic mass is 10.2. The van der Waals surface area contributed by atoms with Gasteiger partial charge in [-0.15, -0.1) is 0 Å². The van der Waals surface area contributed by atoms with E-state index in [-0.39, 0.29) is 19.1 Å². The second-order valence-electron chi connectivity index (χ2n) is 2.70. The third kappa shape index (κ3) is 5.57. The Hall–Kier alpha value is -0.650. The number of hydrogen-bond acceptors (Lipinski definition) is 5. The van der Waals surface area contributed by atoms with E-state index in [1.807, 2.05) is 0 Å². The minimum Gasteiger partial charge on any atom is -0.468 e. The van der Waals surface area contributed by atoms with Crippen LogP contribution in [0.15, 0.2) is 0 Å². The lowest BCUT2D eigenvalue weighted by molar-refractivity contribution is -0.142. The Morgan fingerprint density at radius 1 is 1.62 bits per heavy atom. The topological polar surface area (TPSA) is 84.6 Å². The van der Waals surface area contributed by atoms with Crippen LogP contribution in [0.3, 0.4) is 0 Å². The normalized spacial score (nSPS) is 12.5. The number of aliphatic hydroxyl groups is 1. The van der Waals surface area contributed by atoms with Crippen LogP contribution in [0.2, 0.25) is 0 Å². The Labute approximate surface area is 78.3 Å². The quantitative estimate of drug-likeness (QED) is 0.348. The average molecular weight is 190 g/mol. The largest absolute Gasteiger partial charge is 0.468 e. The first-order valence-corrected chi connectivity index (χ1v) is 4.38. The fourth-order valence-electron chi connectivity index (χ4n) is 0.918. The molecule has 1 unspecified atom stereocenters. The molecule has 13 heavy (non-hydrogen) atoms. The number of carbonyl (C=O) groups is 1. The summed E-state index contributed by atoms with van der Waals surface area (Å²) in [5, 5.41) is 11.4. The number of hydrogen-bond donors (Lipinski definition) is 3. The molecule has 0 saturated carbocycles. The number of ether oxygens (including phenoxy) is 1. The molecule has 4 N–H and O–H groups in total. The van der Waals surface area contributed by atoms with Crippen LogP contribution >= 0.6 is 0 Å². The zero-order valence-electron chi connectivity index (χ0n) is 7.95. The average Bonchev–Trinajstić information content (AvgIpc) is 2.17. The number of esters is 1. The summed E-state index contributed by atoms with van der Waals surface area (Å²) in [6.07, 6.45) is 1.55. The van der Waals surface area contributed by atoms with Crippen molar-refractivity contribution in [2.75, 3.05) is 26.8 Å². The summed E-state index contributed by atoms with van der Waals surface area (Å²) in [5.41, 5.74) is 5.35.